The topological polar surface area (TPSA) is 29.1 Å². The van der Waals surface area contributed by atoms with Gasteiger partial charge in [-0.2, -0.15) is 0 Å². The molecule has 0 aliphatic heterocycles. The van der Waals surface area contributed by atoms with Gasteiger partial charge in [0.25, 0.3) is 0 Å². The number of quaternary nitrogens is 1. The van der Waals surface area contributed by atoms with Crippen molar-refractivity contribution in [3.63, 3.8) is 0 Å². The molecule has 90 valence electrons. The maximum Gasteiger partial charge on any atom is 0.247 e. The molecule has 0 bridgehead atoms. The lowest BCUT2D eigenvalue weighted by Crippen LogP contribution is -3.00. The van der Waals surface area contributed by atoms with E-state index in [4.69, 9.17) is 0 Å². The number of rotatable bonds is 5. The van der Waals surface area contributed by atoms with E-state index in [1.807, 2.05) is 0 Å². The number of halogens is 1. The van der Waals surface area contributed by atoms with Crippen molar-refractivity contribution >= 4 is 5.91 Å². The standard InChI is InChI=1S/C11H22N2O.ClH/c1-7-11(14)12-10(8-9(2)3)13(4,5)6;/h7,9-10H,1,8H2,2-6H3;1H. The van der Waals surface area contributed by atoms with Crippen LogP contribution in [0.5, 0.6) is 0 Å². The minimum atomic E-state index is -0.0938. The molecule has 1 N–H and O–H groups in total. The fourth-order valence-electron chi connectivity index (χ4n) is 1.24. The molecule has 15 heavy (non-hydrogen) atoms. The van der Waals surface area contributed by atoms with Crippen molar-refractivity contribution in [2.24, 2.45) is 5.92 Å². The second kappa shape index (κ2) is 6.85. The molecule has 0 aromatic carbocycles. The maximum absolute atomic E-state index is 11.2. The van der Waals surface area contributed by atoms with Crippen molar-refractivity contribution in [1.82, 2.24) is 5.32 Å². The van der Waals surface area contributed by atoms with E-state index in [9.17, 15) is 4.79 Å². The Morgan fingerprint density at radius 1 is 1.40 bits per heavy atom. The van der Waals surface area contributed by atoms with Gasteiger partial charge in [0.1, 0.15) is 0 Å². The Bertz CT molecular complexity index is 209. The Morgan fingerprint density at radius 2 is 1.87 bits per heavy atom. The van der Waals surface area contributed by atoms with Crippen molar-refractivity contribution in [3.05, 3.63) is 12.7 Å². The highest BCUT2D eigenvalue weighted by Gasteiger charge is 2.25. The third-order valence-electron chi connectivity index (χ3n) is 2.12. The third-order valence-corrected chi connectivity index (χ3v) is 2.12. The van der Waals surface area contributed by atoms with Gasteiger partial charge in [-0.25, -0.2) is 0 Å². The van der Waals surface area contributed by atoms with Crippen LogP contribution in [0.4, 0.5) is 0 Å². The number of hydrogen-bond acceptors (Lipinski definition) is 1. The minimum absolute atomic E-state index is 0. The molecule has 1 amide bonds. The Morgan fingerprint density at radius 3 is 2.13 bits per heavy atom. The summed E-state index contributed by atoms with van der Waals surface area (Å²) in [6.45, 7) is 7.77. The average Bonchev–Trinajstić information content (AvgIpc) is 2.00. The van der Waals surface area contributed by atoms with Crippen LogP contribution in [0, 0.1) is 5.92 Å². The van der Waals surface area contributed by atoms with E-state index in [0.29, 0.717) is 5.92 Å². The molecule has 0 saturated carbocycles. The summed E-state index contributed by atoms with van der Waals surface area (Å²) in [7, 11) is 6.24. The molecule has 1 unspecified atom stereocenters. The van der Waals surface area contributed by atoms with Crippen molar-refractivity contribution < 1.29 is 21.7 Å². The normalized spacial score (nSPS) is 12.9. The highest BCUT2D eigenvalue weighted by atomic mass is 35.5. The summed E-state index contributed by atoms with van der Waals surface area (Å²) < 4.78 is 0.734. The number of nitrogens with zero attached hydrogens (tertiary/aromatic N) is 1. The molecule has 0 fully saturated rings. The molecule has 3 nitrogen and oxygen atoms in total. The van der Waals surface area contributed by atoms with Gasteiger partial charge in [0.2, 0.25) is 5.91 Å². The van der Waals surface area contributed by atoms with Crippen molar-refractivity contribution in [2.75, 3.05) is 21.1 Å². The number of amides is 1. The zero-order valence-corrected chi connectivity index (χ0v) is 11.1. The van der Waals surface area contributed by atoms with Crippen LogP contribution in [0.15, 0.2) is 12.7 Å². The Kier molecular flexibility index (Phi) is 7.71. The predicted octanol–water partition coefficient (Wildman–Crippen LogP) is -1.63. The van der Waals surface area contributed by atoms with Gasteiger partial charge in [0, 0.05) is 6.42 Å². The van der Waals surface area contributed by atoms with Gasteiger partial charge < -0.3 is 22.2 Å². The summed E-state index contributed by atoms with van der Waals surface area (Å²) in [5, 5.41) is 2.95. The first-order valence-electron chi connectivity index (χ1n) is 5.01. The van der Waals surface area contributed by atoms with Crippen molar-refractivity contribution in [2.45, 2.75) is 26.4 Å². The summed E-state index contributed by atoms with van der Waals surface area (Å²) in [6.07, 6.45) is 2.45. The van der Waals surface area contributed by atoms with E-state index in [2.05, 4.69) is 46.9 Å². The van der Waals surface area contributed by atoms with Crippen LogP contribution < -0.4 is 17.7 Å². The third kappa shape index (κ3) is 7.40. The smallest absolute Gasteiger partial charge is 0.247 e. The zero-order chi connectivity index (χ0) is 11.4. The van der Waals surface area contributed by atoms with Crippen LogP contribution in [0.25, 0.3) is 0 Å². The zero-order valence-electron chi connectivity index (χ0n) is 10.4. The van der Waals surface area contributed by atoms with E-state index in [0.717, 1.165) is 10.9 Å². The lowest BCUT2D eigenvalue weighted by atomic mass is 10.1. The molecule has 1 atom stereocenters. The quantitative estimate of drug-likeness (QED) is 0.346. The molecule has 0 heterocycles. The van der Waals surface area contributed by atoms with Gasteiger partial charge >= 0.3 is 0 Å². The summed E-state index contributed by atoms with van der Waals surface area (Å²) >= 11 is 0. The molecule has 4 heteroatoms. The van der Waals surface area contributed by atoms with Crippen molar-refractivity contribution in [1.29, 1.82) is 0 Å². The largest absolute Gasteiger partial charge is 1.00 e. The van der Waals surface area contributed by atoms with Crippen LogP contribution in [-0.4, -0.2) is 37.7 Å². The Labute approximate surface area is 99.5 Å². The Balaban J connectivity index is 0. The molecule has 0 spiro atoms. The summed E-state index contributed by atoms with van der Waals surface area (Å²) in [5.74, 6) is 0.478. The minimum Gasteiger partial charge on any atom is -1.00 e. The monoisotopic (exact) mass is 234 g/mol. The van der Waals surface area contributed by atoms with Crippen LogP contribution in [0.2, 0.25) is 0 Å². The summed E-state index contributed by atoms with van der Waals surface area (Å²) in [6, 6.07) is 0. The van der Waals surface area contributed by atoms with E-state index < -0.39 is 0 Å². The van der Waals surface area contributed by atoms with Gasteiger partial charge in [0.05, 0.1) is 21.1 Å². The van der Waals surface area contributed by atoms with Gasteiger partial charge in [-0.15, -0.1) is 0 Å². The molecular weight excluding hydrogens is 212 g/mol. The molecule has 0 aromatic heterocycles. The molecule has 0 saturated heterocycles. The lowest BCUT2D eigenvalue weighted by molar-refractivity contribution is -0.899. The van der Waals surface area contributed by atoms with Crippen LogP contribution in [0.1, 0.15) is 20.3 Å². The number of carbonyl (C=O) groups is 1. The lowest BCUT2D eigenvalue weighted by Gasteiger charge is -2.35. The highest BCUT2D eigenvalue weighted by molar-refractivity contribution is 5.86. The second-order valence-electron chi connectivity index (χ2n) is 4.97. The van der Waals surface area contributed by atoms with Gasteiger partial charge in [0.15, 0.2) is 6.17 Å². The van der Waals surface area contributed by atoms with Crippen LogP contribution in [0.3, 0.4) is 0 Å². The van der Waals surface area contributed by atoms with Crippen LogP contribution >= 0.6 is 0 Å². The molecule has 0 radical (unpaired) electrons. The van der Waals surface area contributed by atoms with Crippen LogP contribution in [-0.2, 0) is 4.79 Å². The first-order chi connectivity index (χ1) is 6.27. The number of nitrogens with one attached hydrogen (secondary N) is 1. The molecule has 0 aromatic rings. The maximum atomic E-state index is 11.2. The molecule has 0 rings (SSSR count). The summed E-state index contributed by atoms with van der Waals surface area (Å²) in [5.41, 5.74) is 0. The highest BCUT2D eigenvalue weighted by Crippen LogP contribution is 2.11. The van der Waals surface area contributed by atoms with Gasteiger partial charge in [-0.3, -0.25) is 4.79 Å². The van der Waals surface area contributed by atoms with Gasteiger partial charge in [-0.05, 0) is 12.0 Å². The van der Waals surface area contributed by atoms with E-state index in [1.54, 1.807) is 0 Å². The van der Waals surface area contributed by atoms with E-state index in [-0.39, 0.29) is 24.5 Å². The summed E-state index contributed by atoms with van der Waals surface area (Å²) in [4.78, 5) is 11.2. The van der Waals surface area contributed by atoms with Crippen molar-refractivity contribution in [3.8, 4) is 0 Å². The second-order valence-corrected chi connectivity index (χ2v) is 4.97. The molecular formula is C11H23ClN2O. The van der Waals surface area contributed by atoms with E-state index in [1.165, 1.54) is 6.08 Å². The molecule has 0 aliphatic carbocycles. The average molecular weight is 235 g/mol. The predicted molar refractivity (Wildman–Crippen MR) is 59.6 cm³/mol. The molecule has 0 aliphatic rings. The fraction of sp³-hybridized carbons (Fsp3) is 0.727. The first kappa shape index (κ1) is 16.9. The number of hydrogen-bond donors (Lipinski definition) is 1. The fourth-order valence-corrected chi connectivity index (χ4v) is 1.24. The SMILES string of the molecule is C=CC(=O)NC(CC(C)C)[N+](C)(C)C.[Cl-]. The van der Waals surface area contributed by atoms with Gasteiger partial charge in [-0.1, -0.05) is 20.4 Å². The van der Waals surface area contributed by atoms with E-state index >= 15 is 0 Å². The first-order valence-corrected chi connectivity index (χ1v) is 5.01. The number of carbonyl (C=O) groups excluding carboxylic acids is 1. The Hall–Kier alpha value is -0.540.